The van der Waals surface area contributed by atoms with Crippen LogP contribution in [-0.2, 0) is 6.42 Å². The molecule has 2 N–H and O–H groups in total. The van der Waals surface area contributed by atoms with E-state index in [4.69, 9.17) is 0 Å². The number of rotatable bonds is 7. The molecular weight excluding hydrogens is 346 g/mol. The smallest absolute Gasteiger partial charge is 0.0646 e. The van der Waals surface area contributed by atoms with Crippen molar-refractivity contribution in [3.63, 3.8) is 0 Å². The van der Waals surface area contributed by atoms with Gasteiger partial charge in [0.1, 0.15) is 0 Å². The first-order valence-electron chi connectivity index (χ1n) is 10.3. The summed E-state index contributed by atoms with van der Waals surface area (Å²) in [4.78, 5) is 2.40. The highest BCUT2D eigenvalue weighted by molar-refractivity contribution is 5.67. The number of nitrogens with zero attached hydrogens (tertiary/aromatic N) is 1. The second-order valence-corrected chi connectivity index (χ2v) is 8.50. The Morgan fingerprint density at radius 1 is 1.11 bits per heavy atom. The highest BCUT2D eigenvalue weighted by Gasteiger charge is 2.42. The molecule has 3 nitrogen and oxygen atoms in total. The lowest BCUT2D eigenvalue weighted by molar-refractivity contribution is -0.0718. The number of benzene rings is 2. The zero-order valence-corrected chi connectivity index (χ0v) is 17.1. The predicted molar refractivity (Wildman–Crippen MR) is 116 cm³/mol. The van der Waals surface area contributed by atoms with Crippen molar-refractivity contribution in [2.75, 3.05) is 26.2 Å². The lowest BCUT2D eigenvalue weighted by Gasteiger charge is -2.45. The van der Waals surface area contributed by atoms with Crippen molar-refractivity contribution in [1.29, 1.82) is 0 Å². The first-order valence-corrected chi connectivity index (χ1v) is 10.3. The number of hydrogen-bond donors (Lipinski definition) is 2. The summed E-state index contributed by atoms with van der Waals surface area (Å²) in [5.74, 6) is 0.470. The fourth-order valence-corrected chi connectivity index (χ4v) is 4.30. The van der Waals surface area contributed by atoms with Gasteiger partial charge in [-0.15, -0.1) is 0 Å². The molecule has 1 aliphatic rings. The van der Waals surface area contributed by atoms with Crippen LogP contribution in [0.1, 0.15) is 31.4 Å². The van der Waals surface area contributed by atoms with Gasteiger partial charge >= 0.3 is 0 Å². The number of likely N-dealkylation sites (tertiary alicyclic amines) is 1. The number of piperidine rings is 1. The fourth-order valence-electron chi connectivity index (χ4n) is 4.30. The van der Waals surface area contributed by atoms with E-state index >= 15 is 0 Å². The van der Waals surface area contributed by atoms with Gasteiger partial charge in [0, 0.05) is 25.0 Å². The summed E-state index contributed by atoms with van der Waals surface area (Å²) in [6.07, 6.45) is 3.23. The van der Waals surface area contributed by atoms with Crippen LogP contribution in [0.5, 0.6) is 0 Å². The topological polar surface area (TPSA) is 43.7 Å². The Bertz CT molecular complexity index is 757. The molecule has 3 heteroatoms. The van der Waals surface area contributed by atoms with Gasteiger partial charge in [0.2, 0.25) is 0 Å². The van der Waals surface area contributed by atoms with Crippen molar-refractivity contribution in [2.45, 2.75) is 32.8 Å². The monoisotopic (exact) mass is 379 g/mol. The molecule has 0 saturated carbocycles. The molecule has 2 aromatic carbocycles. The summed E-state index contributed by atoms with van der Waals surface area (Å²) >= 11 is 0. The summed E-state index contributed by atoms with van der Waals surface area (Å²) < 4.78 is 0. The quantitative estimate of drug-likeness (QED) is 0.764. The molecule has 150 valence electrons. The standard InChI is InChI=1S/C25H33NO2/c1-20(2)15-23(22-11-7-4-8-12-22)17-26-14-13-24(28)25(18-26,19-27)16-21-9-5-3-6-10-21/h3-12,15,20,24,27-28H,13-14,16-19H2,1-2H3/b23-15+/t24-,25+/m0/s1. The first-order chi connectivity index (χ1) is 13.5. The Kier molecular flexibility index (Phi) is 7.06. The van der Waals surface area contributed by atoms with E-state index in [0.717, 1.165) is 13.1 Å². The number of aliphatic hydroxyl groups excluding tert-OH is 2. The van der Waals surface area contributed by atoms with Crippen LogP contribution in [0, 0.1) is 11.3 Å². The van der Waals surface area contributed by atoms with Crippen LogP contribution in [0.15, 0.2) is 66.7 Å². The average Bonchev–Trinajstić information content (AvgIpc) is 2.71. The third kappa shape index (κ3) is 5.11. The van der Waals surface area contributed by atoms with Crippen molar-refractivity contribution in [1.82, 2.24) is 4.90 Å². The number of aliphatic hydroxyl groups is 2. The minimum absolute atomic E-state index is 0.00583. The minimum atomic E-state index is -0.515. The zero-order chi connectivity index (χ0) is 20.0. The van der Waals surface area contributed by atoms with Crippen LogP contribution in [0.25, 0.3) is 5.57 Å². The molecule has 2 aromatic rings. The maximum atomic E-state index is 10.8. The summed E-state index contributed by atoms with van der Waals surface area (Å²) in [5, 5.41) is 21.1. The highest BCUT2D eigenvalue weighted by atomic mass is 16.3. The van der Waals surface area contributed by atoms with Crippen molar-refractivity contribution >= 4 is 5.57 Å². The SMILES string of the molecule is CC(C)/C=C(\CN1CC[C@H](O)[C@](CO)(Cc2ccccc2)C1)c1ccccc1. The molecule has 0 unspecified atom stereocenters. The number of allylic oxidation sites excluding steroid dienone is 1. The van der Waals surface area contributed by atoms with Crippen molar-refractivity contribution in [3.05, 3.63) is 77.9 Å². The van der Waals surface area contributed by atoms with Gasteiger partial charge in [0.05, 0.1) is 12.7 Å². The molecule has 0 spiro atoms. The Hall–Kier alpha value is -1.94. The maximum absolute atomic E-state index is 10.8. The van der Waals surface area contributed by atoms with Crippen molar-refractivity contribution < 1.29 is 10.2 Å². The molecule has 0 aliphatic carbocycles. The fraction of sp³-hybridized carbons (Fsp3) is 0.440. The molecule has 1 fully saturated rings. The van der Waals surface area contributed by atoms with Crippen LogP contribution in [0.3, 0.4) is 0 Å². The van der Waals surface area contributed by atoms with Gasteiger partial charge in [0.25, 0.3) is 0 Å². The lowest BCUT2D eigenvalue weighted by atomic mass is 9.73. The molecule has 1 heterocycles. The molecule has 0 bridgehead atoms. The van der Waals surface area contributed by atoms with Crippen molar-refractivity contribution in [3.8, 4) is 0 Å². The molecule has 3 rings (SSSR count). The van der Waals surface area contributed by atoms with Gasteiger partial charge < -0.3 is 10.2 Å². The van der Waals surface area contributed by atoms with Crippen LogP contribution >= 0.6 is 0 Å². The van der Waals surface area contributed by atoms with Gasteiger partial charge in [-0.25, -0.2) is 0 Å². The third-order valence-electron chi connectivity index (χ3n) is 5.75. The second kappa shape index (κ2) is 9.51. The molecule has 2 atom stereocenters. The summed E-state index contributed by atoms with van der Waals surface area (Å²) in [7, 11) is 0. The molecule has 1 aliphatic heterocycles. The molecular formula is C25H33NO2. The van der Waals surface area contributed by atoms with Gasteiger partial charge in [-0.1, -0.05) is 80.6 Å². The molecule has 1 saturated heterocycles. The van der Waals surface area contributed by atoms with E-state index in [0.29, 0.717) is 25.3 Å². The van der Waals surface area contributed by atoms with Crippen LogP contribution < -0.4 is 0 Å². The van der Waals surface area contributed by atoms with Crippen LogP contribution in [0.4, 0.5) is 0 Å². The first kappa shape index (κ1) is 20.8. The lowest BCUT2D eigenvalue weighted by Crippen LogP contribution is -2.55. The summed E-state index contributed by atoms with van der Waals surface area (Å²) in [6, 6.07) is 20.7. The van der Waals surface area contributed by atoms with Gasteiger partial charge in [-0.05, 0) is 35.5 Å². The van der Waals surface area contributed by atoms with Crippen LogP contribution in [-0.4, -0.2) is 47.5 Å². The van der Waals surface area contributed by atoms with Gasteiger partial charge in [-0.2, -0.15) is 0 Å². The third-order valence-corrected chi connectivity index (χ3v) is 5.75. The molecule has 0 radical (unpaired) electrons. The van der Waals surface area contributed by atoms with E-state index in [2.05, 4.69) is 61.2 Å². The highest BCUT2D eigenvalue weighted by Crippen LogP contribution is 2.35. The predicted octanol–water partition coefficient (Wildman–Crippen LogP) is 4.01. The van der Waals surface area contributed by atoms with Crippen molar-refractivity contribution in [2.24, 2.45) is 11.3 Å². The number of hydrogen-bond acceptors (Lipinski definition) is 3. The summed E-state index contributed by atoms with van der Waals surface area (Å²) in [5.41, 5.74) is 3.22. The van der Waals surface area contributed by atoms with E-state index in [1.165, 1.54) is 16.7 Å². The zero-order valence-electron chi connectivity index (χ0n) is 17.1. The maximum Gasteiger partial charge on any atom is 0.0646 e. The van der Waals surface area contributed by atoms with E-state index in [1.807, 2.05) is 24.3 Å². The Balaban J connectivity index is 1.80. The molecule has 0 amide bonds. The van der Waals surface area contributed by atoms with Gasteiger partial charge in [0.15, 0.2) is 0 Å². The van der Waals surface area contributed by atoms with E-state index in [9.17, 15) is 10.2 Å². The van der Waals surface area contributed by atoms with E-state index < -0.39 is 11.5 Å². The van der Waals surface area contributed by atoms with E-state index in [-0.39, 0.29) is 6.61 Å². The summed E-state index contributed by atoms with van der Waals surface area (Å²) in [6.45, 7) is 6.79. The Morgan fingerprint density at radius 2 is 1.75 bits per heavy atom. The van der Waals surface area contributed by atoms with Crippen LogP contribution in [0.2, 0.25) is 0 Å². The second-order valence-electron chi connectivity index (χ2n) is 8.50. The Morgan fingerprint density at radius 3 is 2.36 bits per heavy atom. The molecule has 28 heavy (non-hydrogen) atoms. The largest absolute Gasteiger partial charge is 0.396 e. The normalized spacial score (nSPS) is 23.9. The molecule has 0 aromatic heterocycles. The average molecular weight is 380 g/mol. The Labute approximate surface area is 169 Å². The minimum Gasteiger partial charge on any atom is -0.396 e. The van der Waals surface area contributed by atoms with E-state index in [1.54, 1.807) is 0 Å². The van der Waals surface area contributed by atoms with Gasteiger partial charge in [-0.3, -0.25) is 4.90 Å².